The fourth-order valence-corrected chi connectivity index (χ4v) is 3.15. The van der Waals surface area contributed by atoms with Crippen molar-refractivity contribution in [3.63, 3.8) is 0 Å². The lowest BCUT2D eigenvalue weighted by Gasteiger charge is -2.12. The second-order valence-electron chi connectivity index (χ2n) is 7.29. The molecule has 4 N–H and O–H groups in total. The molecule has 0 heterocycles. The van der Waals surface area contributed by atoms with Crippen LogP contribution in [0.25, 0.3) is 6.08 Å². The molecule has 34 heavy (non-hydrogen) atoms. The van der Waals surface area contributed by atoms with E-state index in [2.05, 4.69) is 10.6 Å². The van der Waals surface area contributed by atoms with Gasteiger partial charge in [0, 0.05) is 11.8 Å². The molecule has 0 saturated heterocycles. The number of halogens is 2. The van der Waals surface area contributed by atoms with Crippen molar-refractivity contribution < 1.29 is 23.5 Å². The number of ether oxygens (including phenoxy) is 2. The van der Waals surface area contributed by atoms with Crippen molar-refractivity contribution in [2.75, 3.05) is 30.1 Å². The van der Waals surface area contributed by atoms with Crippen LogP contribution in [-0.2, 0) is 9.59 Å². The van der Waals surface area contributed by atoms with Crippen molar-refractivity contribution in [1.29, 1.82) is 0 Å². The maximum absolute atomic E-state index is 13.3. The Balaban J connectivity index is 1.63. The second kappa shape index (κ2) is 11.2. The van der Waals surface area contributed by atoms with Gasteiger partial charge in [0.2, 0.25) is 5.91 Å². The molecule has 0 aliphatic heterocycles. The average Bonchev–Trinajstić information content (AvgIpc) is 2.80. The van der Waals surface area contributed by atoms with Gasteiger partial charge in [-0.2, -0.15) is 0 Å². The number of amides is 2. The Labute approximate surface area is 201 Å². The monoisotopic (exact) mass is 483 g/mol. The summed E-state index contributed by atoms with van der Waals surface area (Å²) in [4.78, 5) is 24.5. The van der Waals surface area contributed by atoms with Crippen molar-refractivity contribution in [2.45, 2.75) is 6.92 Å². The highest BCUT2D eigenvalue weighted by Crippen LogP contribution is 2.29. The van der Waals surface area contributed by atoms with Gasteiger partial charge in [0.15, 0.2) is 18.1 Å². The Morgan fingerprint density at radius 1 is 1.06 bits per heavy atom. The number of anilines is 3. The number of hydrogen-bond acceptors (Lipinski definition) is 5. The predicted octanol–water partition coefficient (Wildman–Crippen LogP) is 5.05. The molecule has 176 valence electrons. The highest BCUT2D eigenvalue weighted by molar-refractivity contribution is 6.31. The van der Waals surface area contributed by atoms with Crippen LogP contribution in [0.1, 0.15) is 11.1 Å². The lowest BCUT2D eigenvalue weighted by atomic mass is 10.1. The van der Waals surface area contributed by atoms with Crippen LogP contribution in [0.15, 0.2) is 60.7 Å². The minimum atomic E-state index is -0.582. The molecule has 0 radical (unpaired) electrons. The van der Waals surface area contributed by atoms with Gasteiger partial charge in [0.05, 0.1) is 23.5 Å². The Hall–Kier alpha value is -4.04. The SMILES string of the molecule is COc1ccc(/C=C/C(=O)Nc2ccc(C)cc2N)cc1OCC(=O)Nc1ccc(F)c(Cl)c1. The van der Waals surface area contributed by atoms with Gasteiger partial charge >= 0.3 is 0 Å². The van der Waals surface area contributed by atoms with E-state index in [-0.39, 0.29) is 17.5 Å². The van der Waals surface area contributed by atoms with Crippen molar-refractivity contribution in [3.8, 4) is 11.5 Å². The van der Waals surface area contributed by atoms with Crippen LogP contribution < -0.4 is 25.8 Å². The summed E-state index contributed by atoms with van der Waals surface area (Å²) in [5, 5.41) is 5.19. The molecule has 0 bridgehead atoms. The molecule has 3 rings (SSSR count). The molecule has 0 aliphatic carbocycles. The van der Waals surface area contributed by atoms with E-state index in [0.29, 0.717) is 34.1 Å². The van der Waals surface area contributed by atoms with E-state index >= 15 is 0 Å². The van der Waals surface area contributed by atoms with Gasteiger partial charge in [-0.3, -0.25) is 9.59 Å². The maximum atomic E-state index is 13.3. The molecular weight excluding hydrogens is 461 g/mol. The molecule has 0 atom stereocenters. The molecule has 0 saturated carbocycles. The predicted molar refractivity (Wildman–Crippen MR) is 132 cm³/mol. The largest absolute Gasteiger partial charge is 0.493 e. The van der Waals surface area contributed by atoms with Crippen molar-refractivity contribution >= 4 is 46.6 Å². The molecule has 0 fully saturated rings. The fourth-order valence-electron chi connectivity index (χ4n) is 2.97. The van der Waals surface area contributed by atoms with Crippen LogP contribution in [0.2, 0.25) is 5.02 Å². The summed E-state index contributed by atoms with van der Waals surface area (Å²) in [5.41, 5.74) is 8.90. The third-order valence-electron chi connectivity index (χ3n) is 4.64. The number of rotatable bonds is 8. The fraction of sp³-hybridized carbons (Fsp3) is 0.120. The van der Waals surface area contributed by atoms with Crippen LogP contribution in [0.5, 0.6) is 11.5 Å². The highest BCUT2D eigenvalue weighted by Gasteiger charge is 2.10. The van der Waals surface area contributed by atoms with Crippen molar-refractivity contribution in [3.05, 3.63) is 82.6 Å². The summed E-state index contributed by atoms with van der Waals surface area (Å²) in [6.45, 7) is 1.58. The Kier molecular flexibility index (Phi) is 8.10. The van der Waals surface area contributed by atoms with Gasteiger partial charge < -0.3 is 25.8 Å². The molecule has 7 nitrogen and oxygen atoms in total. The summed E-state index contributed by atoms with van der Waals surface area (Å²) >= 11 is 5.72. The summed E-state index contributed by atoms with van der Waals surface area (Å²) in [7, 11) is 1.47. The topological polar surface area (TPSA) is 103 Å². The van der Waals surface area contributed by atoms with Crippen LogP contribution in [0.3, 0.4) is 0 Å². The third-order valence-corrected chi connectivity index (χ3v) is 4.93. The number of carbonyl (C=O) groups is 2. The van der Waals surface area contributed by atoms with Gasteiger partial charge in [-0.05, 0) is 66.6 Å². The maximum Gasteiger partial charge on any atom is 0.262 e. The summed E-state index contributed by atoms with van der Waals surface area (Å²) in [6, 6.07) is 14.2. The summed E-state index contributed by atoms with van der Waals surface area (Å²) < 4.78 is 24.1. The first kappa shape index (κ1) is 24.6. The van der Waals surface area contributed by atoms with Crippen LogP contribution in [-0.4, -0.2) is 25.5 Å². The number of nitrogens with two attached hydrogens (primary N) is 1. The lowest BCUT2D eigenvalue weighted by molar-refractivity contribution is -0.118. The van der Waals surface area contributed by atoms with Gasteiger partial charge in [0.1, 0.15) is 5.82 Å². The number of methoxy groups -OCH3 is 1. The first-order valence-corrected chi connectivity index (χ1v) is 10.5. The zero-order chi connectivity index (χ0) is 24.7. The number of nitrogen functional groups attached to an aromatic ring is 1. The highest BCUT2D eigenvalue weighted by atomic mass is 35.5. The molecule has 9 heteroatoms. The molecule has 0 unspecified atom stereocenters. The van der Waals surface area contributed by atoms with E-state index in [9.17, 15) is 14.0 Å². The van der Waals surface area contributed by atoms with Crippen molar-refractivity contribution in [1.82, 2.24) is 0 Å². The zero-order valence-corrected chi connectivity index (χ0v) is 19.3. The zero-order valence-electron chi connectivity index (χ0n) is 18.5. The van der Waals surface area contributed by atoms with Gasteiger partial charge in [0.25, 0.3) is 5.91 Å². The Bertz CT molecular complexity index is 1250. The smallest absolute Gasteiger partial charge is 0.262 e. The minimum absolute atomic E-state index is 0.103. The first-order valence-electron chi connectivity index (χ1n) is 10.2. The van der Waals surface area contributed by atoms with Crippen LogP contribution >= 0.6 is 11.6 Å². The van der Waals surface area contributed by atoms with E-state index in [1.54, 1.807) is 36.4 Å². The van der Waals surface area contributed by atoms with Gasteiger partial charge in [-0.25, -0.2) is 4.39 Å². The molecule has 0 spiro atoms. The molecule has 2 amide bonds. The van der Waals surface area contributed by atoms with E-state index in [1.165, 1.54) is 25.3 Å². The average molecular weight is 484 g/mol. The van der Waals surface area contributed by atoms with E-state index < -0.39 is 11.7 Å². The molecule has 0 aliphatic rings. The van der Waals surface area contributed by atoms with E-state index in [1.807, 2.05) is 13.0 Å². The second-order valence-corrected chi connectivity index (χ2v) is 7.70. The standard InChI is InChI=1S/C25H23ClFN3O4/c1-15-3-8-21(20(28)11-15)30-24(31)10-5-16-4-9-22(33-2)23(12-16)34-14-25(32)29-17-6-7-19(27)18(26)13-17/h3-13H,14,28H2,1-2H3,(H,29,32)(H,30,31)/b10-5+. The van der Waals surface area contributed by atoms with Crippen LogP contribution in [0, 0.1) is 12.7 Å². The Morgan fingerprint density at radius 2 is 1.85 bits per heavy atom. The number of aryl methyl sites for hydroxylation is 1. The summed E-state index contributed by atoms with van der Waals surface area (Å²) in [5.74, 6) is -0.694. The van der Waals surface area contributed by atoms with E-state index in [0.717, 1.165) is 11.6 Å². The van der Waals surface area contributed by atoms with Crippen LogP contribution in [0.4, 0.5) is 21.5 Å². The molecule has 3 aromatic carbocycles. The lowest BCUT2D eigenvalue weighted by Crippen LogP contribution is -2.20. The summed E-state index contributed by atoms with van der Waals surface area (Å²) in [6.07, 6.45) is 2.95. The van der Waals surface area contributed by atoms with E-state index in [4.69, 9.17) is 26.8 Å². The van der Waals surface area contributed by atoms with Gasteiger partial charge in [-0.15, -0.1) is 0 Å². The van der Waals surface area contributed by atoms with Crippen molar-refractivity contribution in [2.24, 2.45) is 0 Å². The quantitative estimate of drug-likeness (QED) is 0.307. The minimum Gasteiger partial charge on any atom is -0.493 e. The number of hydrogen-bond donors (Lipinski definition) is 3. The first-order chi connectivity index (χ1) is 16.2. The molecular formula is C25H23ClFN3O4. The third kappa shape index (κ3) is 6.73. The molecule has 3 aromatic rings. The molecule has 0 aromatic heterocycles. The number of nitrogens with one attached hydrogen (secondary N) is 2. The normalized spacial score (nSPS) is 10.7. The Morgan fingerprint density at radius 3 is 2.56 bits per heavy atom. The van der Waals surface area contributed by atoms with Gasteiger partial charge in [-0.1, -0.05) is 23.7 Å². The number of benzene rings is 3. The number of carbonyl (C=O) groups excluding carboxylic acids is 2.